The quantitative estimate of drug-likeness (QED) is 0.892. The minimum Gasteiger partial charge on any atom is -0.355 e. The highest BCUT2D eigenvalue weighted by molar-refractivity contribution is 5.91. The number of carbonyl (C=O) groups is 1. The number of piperidine rings is 1. The van der Waals surface area contributed by atoms with Gasteiger partial charge in [-0.15, -0.1) is 0 Å². The van der Waals surface area contributed by atoms with E-state index >= 15 is 0 Å². The molecule has 3 rings (SSSR count). The van der Waals surface area contributed by atoms with Crippen LogP contribution in [0.5, 0.6) is 0 Å². The van der Waals surface area contributed by atoms with E-state index in [-0.39, 0.29) is 17.2 Å². The number of H-pyrrole nitrogens is 1. The molecule has 0 spiro atoms. The third-order valence-corrected chi connectivity index (χ3v) is 4.34. The van der Waals surface area contributed by atoms with E-state index in [0.29, 0.717) is 5.82 Å². The first kappa shape index (κ1) is 17.4. The molecule has 0 bridgehead atoms. The summed E-state index contributed by atoms with van der Waals surface area (Å²) < 4.78 is 0. The van der Waals surface area contributed by atoms with E-state index < -0.39 is 0 Å². The van der Waals surface area contributed by atoms with Crippen molar-refractivity contribution < 1.29 is 4.79 Å². The molecule has 2 aromatic heterocycles. The molecule has 1 aliphatic rings. The first-order chi connectivity index (χ1) is 11.9. The number of aromatic nitrogens is 4. The molecular formula is C18H26N6O. The van der Waals surface area contributed by atoms with Crippen LogP contribution in [0.4, 0.5) is 11.6 Å². The lowest BCUT2D eigenvalue weighted by atomic mass is 9.91. The zero-order chi connectivity index (χ0) is 17.9. The smallest absolute Gasteiger partial charge is 0.228 e. The first-order valence-electron chi connectivity index (χ1n) is 8.77. The Morgan fingerprint density at radius 1 is 1.32 bits per heavy atom. The van der Waals surface area contributed by atoms with Gasteiger partial charge in [-0.05, 0) is 24.7 Å². The highest BCUT2D eigenvalue weighted by atomic mass is 16.2. The van der Waals surface area contributed by atoms with Gasteiger partial charge in [0.2, 0.25) is 5.91 Å². The van der Waals surface area contributed by atoms with Crippen LogP contribution in [-0.4, -0.2) is 39.2 Å². The molecule has 1 aliphatic heterocycles. The molecule has 1 fully saturated rings. The molecular weight excluding hydrogens is 316 g/mol. The van der Waals surface area contributed by atoms with E-state index in [4.69, 9.17) is 0 Å². The summed E-state index contributed by atoms with van der Waals surface area (Å²) in [5, 5.41) is 10.2. The molecule has 0 radical (unpaired) electrons. The van der Waals surface area contributed by atoms with Gasteiger partial charge in [-0.1, -0.05) is 20.8 Å². The molecule has 0 unspecified atom stereocenters. The average molecular weight is 342 g/mol. The molecule has 2 aromatic rings. The third kappa shape index (κ3) is 4.78. The standard InChI is InChI=1S/C18H26N6O/c1-18(2,3)11-14-10-15(23-22-14)21-17(25)13-4-8-24(9-5-13)16-12-19-6-7-20-16/h6-7,10,12-13H,4-5,8-9,11H2,1-3H3,(H2,21,22,23,25). The fourth-order valence-corrected chi connectivity index (χ4v) is 3.14. The minimum absolute atomic E-state index is 0.00990. The topological polar surface area (TPSA) is 86.8 Å². The Labute approximate surface area is 148 Å². The number of carbonyl (C=O) groups excluding carboxylic acids is 1. The molecule has 2 N–H and O–H groups in total. The number of nitrogens with one attached hydrogen (secondary N) is 2. The Bertz CT molecular complexity index is 698. The third-order valence-electron chi connectivity index (χ3n) is 4.34. The van der Waals surface area contributed by atoms with Crippen LogP contribution in [0.1, 0.15) is 39.3 Å². The number of amides is 1. The van der Waals surface area contributed by atoms with Gasteiger partial charge in [0.05, 0.1) is 6.20 Å². The van der Waals surface area contributed by atoms with Crippen LogP contribution in [0.15, 0.2) is 24.7 Å². The molecule has 0 aliphatic carbocycles. The summed E-state index contributed by atoms with van der Waals surface area (Å²) in [4.78, 5) is 23.1. The Kier molecular flexibility index (Phi) is 5.01. The van der Waals surface area contributed by atoms with Crippen LogP contribution in [0.25, 0.3) is 0 Å². The number of nitrogens with zero attached hydrogens (tertiary/aromatic N) is 4. The second-order valence-electron chi connectivity index (χ2n) is 7.83. The number of anilines is 2. The predicted molar refractivity (Wildman–Crippen MR) is 97.3 cm³/mol. The first-order valence-corrected chi connectivity index (χ1v) is 8.77. The zero-order valence-corrected chi connectivity index (χ0v) is 15.1. The highest BCUT2D eigenvalue weighted by Gasteiger charge is 2.26. The van der Waals surface area contributed by atoms with E-state index in [1.165, 1.54) is 0 Å². The Morgan fingerprint density at radius 3 is 2.72 bits per heavy atom. The van der Waals surface area contributed by atoms with E-state index in [9.17, 15) is 4.79 Å². The number of hydrogen-bond acceptors (Lipinski definition) is 5. The van der Waals surface area contributed by atoms with Gasteiger partial charge >= 0.3 is 0 Å². The second kappa shape index (κ2) is 7.21. The zero-order valence-electron chi connectivity index (χ0n) is 15.1. The fraction of sp³-hybridized carbons (Fsp3) is 0.556. The summed E-state index contributed by atoms with van der Waals surface area (Å²) in [6, 6.07) is 1.93. The fourth-order valence-electron chi connectivity index (χ4n) is 3.14. The van der Waals surface area contributed by atoms with Gasteiger partial charge in [0, 0.05) is 43.2 Å². The van der Waals surface area contributed by atoms with Crippen molar-refractivity contribution in [1.82, 2.24) is 20.2 Å². The van der Waals surface area contributed by atoms with Gasteiger partial charge in [-0.3, -0.25) is 14.9 Å². The van der Waals surface area contributed by atoms with Gasteiger partial charge in [0.15, 0.2) is 5.82 Å². The predicted octanol–water partition coefficient (Wildman–Crippen LogP) is 2.64. The van der Waals surface area contributed by atoms with Crippen molar-refractivity contribution in [1.29, 1.82) is 0 Å². The summed E-state index contributed by atoms with van der Waals surface area (Å²) in [5.74, 6) is 1.55. The Balaban J connectivity index is 1.51. The maximum absolute atomic E-state index is 12.5. The molecule has 7 heteroatoms. The van der Waals surface area contributed by atoms with Crippen molar-refractivity contribution in [3.05, 3.63) is 30.4 Å². The van der Waals surface area contributed by atoms with Crippen LogP contribution in [0.2, 0.25) is 0 Å². The molecule has 25 heavy (non-hydrogen) atoms. The van der Waals surface area contributed by atoms with Crippen LogP contribution in [0.3, 0.4) is 0 Å². The van der Waals surface area contributed by atoms with Gasteiger partial charge in [-0.25, -0.2) is 4.98 Å². The average Bonchev–Trinajstić information content (AvgIpc) is 3.00. The molecule has 0 aromatic carbocycles. The van der Waals surface area contributed by atoms with E-state index in [2.05, 4.69) is 51.2 Å². The molecule has 1 amide bonds. The molecule has 3 heterocycles. The van der Waals surface area contributed by atoms with Gasteiger partial charge in [-0.2, -0.15) is 5.10 Å². The summed E-state index contributed by atoms with van der Waals surface area (Å²) in [5.41, 5.74) is 1.22. The molecule has 0 atom stereocenters. The van der Waals surface area contributed by atoms with Crippen molar-refractivity contribution in [3.8, 4) is 0 Å². The van der Waals surface area contributed by atoms with Crippen LogP contribution in [-0.2, 0) is 11.2 Å². The molecule has 134 valence electrons. The van der Waals surface area contributed by atoms with Crippen molar-refractivity contribution >= 4 is 17.5 Å². The lowest BCUT2D eigenvalue weighted by molar-refractivity contribution is -0.120. The van der Waals surface area contributed by atoms with Crippen molar-refractivity contribution in [3.63, 3.8) is 0 Å². The summed E-state index contributed by atoms with van der Waals surface area (Å²) >= 11 is 0. The monoisotopic (exact) mass is 342 g/mol. The van der Waals surface area contributed by atoms with Gasteiger partial charge < -0.3 is 10.2 Å². The number of hydrogen-bond donors (Lipinski definition) is 2. The highest BCUT2D eigenvalue weighted by Crippen LogP contribution is 2.23. The maximum atomic E-state index is 12.5. The van der Waals surface area contributed by atoms with E-state index in [1.807, 2.05) is 6.07 Å². The molecule has 1 saturated heterocycles. The van der Waals surface area contributed by atoms with Gasteiger partial charge in [0.25, 0.3) is 0 Å². The van der Waals surface area contributed by atoms with Crippen molar-refractivity contribution in [2.75, 3.05) is 23.3 Å². The SMILES string of the molecule is CC(C)(C)Cc1cc(NC(=O)C2CCN(c3cnccn3)CC2)n[nH]1. The lowest BCUT2D eigenvalue weighted by Gasteiger charge is -2.31. The maximum Gasteiger partial charge on any atom is 0.228 e. The molecule has 7 nitrogen and oxygen atoms in total. The lowest BCUT2D eigenvalue weighted by Crippen LogP contribution is -2.38. The van der Waals surface area contributed by atoms with Gasteiger partial charge in [0.1, 0.15) is 5.82 Å². The number of aromatic amines is 1. The molecule has 0 saturated carbocycles. The normalized spacial score (nSPS) is 16.0. The minimum atomic E-state index is 0.00990. The van der Waals surface area contributed by atoms with Crippen molar-refractivity contribution in [2.45, 2.75) is 40.0 Å². The van der Waals surface area contributed by atoms with Crippen LogP contribution < -0.4 is 10.2 Å². The van der Waals surface area contributed by atoms with Crippen molar-refractivity contribution in [2.24, 2.45) is 11.3 Å². The number of rotatable bonds is 4. The van der Waals surface area contributed by atoms with Crippen LogP contribution >= 0.6 is 0 Å². The van der Waals surface area contributed by atoms with E-state index in [0.717, 1.165) is 43.9 Å². The Hall–Kier alpha value is -2.44. The summed E-state index contributed by atoms with van der Waals surface area (Å²) in [6.07, 6.45) is 7.64. The largest absolute Gasteiger partial charge is 0.355 e. The Morgan fingerprint density at radius 2 is 2.08 bits per heavy atom. The summed E-state index contributed by atoms with van der Waals surface area (Å²) in [7, 11) is 0. The van der Waals surface area contributed by atoms with Crippen LogP contribution in [0, 0.1) is 11.3 Å². The second-order valence-corrected chi connectivity index (χ2v) is 7.83. The van der Waals surface area contributed by atoms with E-state index in [1.54, 1.807) is 18.6 Å². The summed E-state index contributed by atoms with van der Waals surface area (Å²) in [6.45, 7) is 8.16.